The molecule has 2 N–H and O–H groups in total. The molecule has 1 amide bonds. The Balaban J connectivity index is 1.30. The lowest BCUT2D eigenvalue weighted by Gasteiger charge is -2.35. The van der Waals surface area contributed by atoms with Crippen molar-refractivity contribution in [2.75, 3.05) is 45.2 Å². The van der Waals surface area contributed by atoms with Gasteiger partial charge in [0.05, 0.1) is 5.54 Å². The average Bonchev–Trinajstić information content (AvgIpc) is 3.86. The van der Waals surface area contributed by atoms with Crippen LogP contribution in [0.4, 0.5) is 19.4 Å². The van der Waals surface area contributed by atoms with E-state index in [9.17, 15) is 9.90 Å². The molecule has 0 saturated carbocycles. The molecule has 6 heterocycles. The van der Waals surface area contributed by atoms with Crippen LogP contribution in [0.3, 0.4) is 0 Å². The molecular weight excluding hydrogens is 606 g/mol. The third-order valence-corrected chi connectivity index (χ3v) is 10.7. The Labute approximate surface area is 270 Å². The number of phenolic OH excluding ortho intramolecular Hbond substituents is 1. The zero-order chi connectivity index (χ0) is 32.6. The summed E-state index contributed by atoms with van der Waals surface area (Å²) in [7, 11) is 3.32. The highest BCUT2D eigenvalue weighted by Crippen LogP contribution is 2.50. The molecule has 4 aliphatic rings. The maximum Gasteiger partial charge on any atom is 0.409 e. The van der Waals surface area contributed by atoms with Crippen molar-refractivity contribution in [2.24, 2.45) is 0 Å². The Morgan fingerprint density at radius 3 is 2.77 bits per heavy atom. The second-order valence-corrected chi connectivity index (χ2v) is 13.5. The highest BCUT2D eigenvalue weighted by molar-refractivity contribution is 6.01. The summed E-state index contributed by atoms with van der Waals surface area (Å²) >= 11 is 0. The Bertz CT molecular complexity index is 1920. The van der Waals surface area contributed by atoms with Crippen LogP contribution >= 0.6 is 0 Å². The minimum Gasteiger partial charge on any atom is -0.508 e. The fraction of sp³-hybridized carbons (Fsp3) is 0.500. The molecule has 2 aromatic carbocycles. The number of amides is 1. The molecule has 2 aromatic heterocycles. The number of piperazine rings is 1. The van der Waals surface area contributed by atoms with Crippen molar-refractivity contribution in [3.63, 3.8) is 0 Å². The molecule has 8 rings (SSSR count). The zero-order valence-electron chi connectivity index (χ0n) is 26.8. The third-order valence-electron chi connectivity index (χ3n) is 10.7. The number of carbonyl (C=O) groups excluding carboxylic acids is 1. The summed E-state index contributed by atoms with van der Waals surface area (Å²) in [5, 5.41) is 24.2. The number of benzene rings is 2. The van der Waals surface area contributed by atoms with Crippen LogP contribution in [-0.4, -0.2) is 99.6 Å². The van der Waals surface area contributed by atoms with E-state index in [2.05, 4.69) is 25.3 Å². The largest absolute Gasteiger partial charge is 0.508 e. The number of halogens is 2. The first kappa shape index (κ1) is 30.1. The van der Waals surface area contributed by atoms with Crippen molar-refractivity contribution >= 4 is 33.7 Å². The van der Waals surface area contributed by atoms with Gasteiger partial charge < -0.3 is 25.0 Å². The van der Waals surface area contributed by atoms with E-state index in [1.165, 1.54) is 17.0 Å². The maximum absolute atomic E-state index is 17.1. The van der Waals surface area contributed by atoms with Gasteiger partial charge in [0.15, 0.2) is 23.0 Å². The van der Waals surface area contributed by atoms with Crippen LogP contribution in [-0.2, 0) is 16.7 Å². The summed E-state index contributed by atoms with van der Waals surface area (Å²) in [4.78, 5) is 28.4. The van der Waals surface area contributed by atoms with E-state index < -0.39 is 17.2 Å². The van der Waals surface area contributed by atoms with E-state index in [1.807, 2.05) is 6.92 Å². The number of nitrogens with one attached hydrogen (secondary N) is 1. The van der Waals surface area contributed by atoms with Gasteiger partial charge in [0.25, 0.3) is 0 Å². The predicted octanol–water partition coefficient (Wildman–Crippen LogP) is 4.49. The number of carbonyl (C=O) groups is 1. The summed E-state index contributed by atoms with van der Waals surface area (Å²) in [5.41, 5.74) is 0.375. The summed E-state index contributed by atoms with van der Waals surface area (Å²) in [6, 6.07) is 6.40. The van der Waals surface area contributed by atoms with Gasteiger partial charge in [-0.2, -0.15) is 0 Å². The molecule has 11 nitrogen and oxygen atoms in total. The molecule has 13 heteroatoms. The van der Waals surface area contributed by atoms with E-state index >= 15 is 8.78 Å². The van der Waals surface area contributed by atoms with Gasteiger partial charge in [0.1, 0.15) is 29.4 Å². The molecule has 4 fully saturated rings. The number of aromatic hydroxyl groups is 1. The van der Waals surface area contributed by atoms with Gasteiger partial charge in [0.2, 0.25) is 0 Å². The number of rotatable bonds is 6. The standard InChI is InChI=1S/C34H38F2N8O3/c1-4-23-25(35)7-6-18-12-22(45)14-24(26(18)23)28-27(36)29-30(41-40-28)31(43-16-19-13-21(43)15-37-19)39-32(38-29)34-9-5-11-44(34)20(8-10-34)17-47-33(46)42(2)3/h6-7,12,14,19-21,37,45H,4-5,8-11,13,15-17H2,1-3H3/t19-,20-,21-,34?/m1/s1. The second-order valence-electron chi connectivity index (χ2n) is 13.5. The Morgan fingerprint density at radius 1 is 1.17 bits per heavy atom. The van der Waals surface area contributed by atoms with E-state index in [4.69, 9.17) is 14.7 Å². The lowest BCUT2D eigenvalue weighted by Crippen LogP contribution is -2.46. The molecule has 246 valence electrons. The number of hydrogen-bond donors (Lipinski definition) is 2. The van der Waals surface area contributed by atoms with Crippen LogP contribution in [0.15, 0.2) is 24.3 Å². The van der Waals surface area contributed by atoms with Crippen LogP contribution in [0.25, 0.3) is 33.1 Å². The lowest BCUT2D eigenvalue weighted by molar-refractivity contribution is 0.0660. The quantitative estimate of drug-likeness (QED) is 0.311. The van der Waals surface area contributed by atoms with Crippen LogP contribution in [0, 0.1) is 11.6 Å². The van der Waals surface area contributed by atoms with Gasteiger partial charge in [-0.1, -0.05) is 13.0 Å². The molecule has 0 radical (unpaired) electrons. The Morgan fingerprint density at radius 2 is 2.02 bits per heavy atom. The molecule has 4 atom stereocenters. The van der Waals surface area contributed by atoms with Crippen LogP contribution < -0.4 is 10.2 Å². The average molecular weight is 645 g/mol. The van der Waals surface area contributed by atoms with E-state index in [0.717, 1.165) is 51.7 Å². The fourth-order valence-electron chi connectivity index (χ4n) is 8.46. The topological polar surface area (TPSA) is 120 Å². The molecule has 4 aliphatic heterocycles. The molecule has 2 bridgehead atoms. The second kappa shape index (κ2) is 11.2. The highest BCUT2D eigenvalue weighted by atomic mass is 19.1. The van der Waals surface area contributed by atoms with Gasteiger partial charge in [-0.3, -0.25) is 4.90 Å². The number of aromatic nitrogens is 4. The summed E-state index contributed by atoms with van der Waals surface area (Å²) in [6.07, 6.45) is 4.20. The van der Waals surface area contributed by atoms with Crippen molar-refractivity contribution in [3.05, 3.63) is 47.3 Å². The monoisotopic (exact) mass is 644 g/mol. The number of ether oxygens (including phenoxy) is 1. The molecular formula is C34H38F2N8O3. The maximum atomic E-state index is 17.1. The third kappa shape index (κ3) is 4.68. The van der Waals surface area contributed by atoms with E-state index in [0.29, 0.717) is 40.4 Å². The molecule has 0 aliphatic carbocycles. The molecule has 4 aromatic rings. The zero-order valence-corrected chi connectivity index (χ0v) is 26.8. The van der Waals surface area contributed by atoms with E-state index in [-0.39, 0.29) is 52.8 Å². The van der Waals surface area contributed by atoms with Crippen molar-refractivity contribution in [1.29, 1.82) is 0 Å². The minimum atomic E-state index is -0.684. The normalized spacial score (nSPS) is 25.3. The SMILES string of the molecule is CCc1c(F)ccc2cc(O)cc(-c3nnc4c(N5C[C@H]6C[C@@H]5CN6)nc(C56CCCN5[C@@H](COC(=O)N(C)C)CC6)nc4c3F)c12. The van der Waals surface area contributed by atoms with Gasteiger partial charge in [0, 0.05) is 50.9 Å². The molecule has 0 spiro atoms. The van der Waals surface area contributed by atoms with Crippen LogP contribution in [0.1, 0.15) is 50.4 Å². The molecule has 4 saturated heterocycles. The molecule has 1 unspecified atom stereocenters. The van der Waals surface area contributed by atoms with Gasteiger partial charge in [-0.15, -0.1) is 10.2 Å². The number of anilines is 1. The summed E-state index contributed by atoms with van der Waals surface area (Å²) in [5.74, 6) is -0.0657. The predicted molar refractivity (Wildman–Crippen MR) is 172 cm³/mol. The number of nitrogens with zero attached hydrogens (tertiary/aromatic N) is 7. The molecule has 47 heavy (non-hydrogen) atoms. The highest BCUT2D eigenvalue weighted by Gasteiger charge is 2.53. The first-order valence-corrected chi connectivity index (χ1v) is 16.5. The van der Waals surface area contributed by atoms with Crippen molar-refractivity contribution in [1.82, 2.24) is 35.3 Å². The van der Waals surface area contributed by atoms with Crippen LogP contribution in [0.2, 0.25) is 0 Å². The van der Waals surface area contributed by atoms with Gasteiger partial charge in [-0.25, -0.2) is 23.5 Å². The summed E-state index contributed by atoms with van der Waals surface area (Å²) in [6.45, 7) is 4.41. The van der Waals surface area contributed by atoms with Crippen LogP contribution in [0.5, 0.6) is 5.75 Å². The fourth-order valence-corrected chi connectivity index (χ4v) is 8.46. The minimum absolute atomic E-state index is 0.00635. The lowest BCUT2D eigenvalue weighted by atomic mass is 9.92. The van der Waals surface area contributed by atoms with Crippen molar-refractivity contribution in [3.8, 4) is 17.0 Å². The van der Waals surface area contributed by atoms with E-state index in [1.54, 1.807) is 26.2 Å². The summed E-state index contributed by atoms with van der Waals surface area (Å²) < 4.78 is 37.7. The smallest absolute Gasteiger partial charge is 0.409 e. The van der Waals surface area contributed by atoms with Crippen molar-refractivity contribution < 1.29 is 23.4 Å². The van der Waals surface area contributed by atoms with Gasteiger partial charge in [-0.05, 0) is 79.6 Å². The first-order chi connectivity index (χ1) is 22.7. The first-order valence-electron chi connectivity index (χ1n) is 16.5. The number of aryl methyl sites for hydroxylation is 1. The van der Waals surface area contributed by atoms with Crippen molar-refractivity contribution in [2.45, 2.75) is 69.1 Å². The Hall–Kier alpha value is -4.23. The Kier molecular flexibility index (Phi) is 7.17. The number of fused-ring (bicyclic) bond motifs is 5. The van der Waals surface area contributed by atoms with Gasteiger partial charge >= 0.3 is 6.09 Å². The number of hydrogen-bond acceptors (Lipinski definition) is 10. The number of phenols is 1.